The minimum absolute atomic E-state index is 0.184. The summed E-state index contributed by atoms with van der Waals surface area (Å²) in [6.07, 6.45) is 1.67. The lowest BCUT2D eigenvalue weighted by Crippen LogP contribution is -2.20. The van der Waals surface area contributed by atoms with Crippen LogP contribution in [-0.4, -0.2) is 33.1 Å². The van der Waals surface area contributed by atoms with Crippen molar-refractivity contribution in [3.63, 3.8) is 0 Å². The van der Waals surface area contributed by atoms with Crippen LogP contribution in [0.1, 0.15) is 17.5 Å². The molecule has 0 aliphatic carbocycles. The zero-order valence-electron chi connectivity index (χ0n) is 11.1. The second-order valence-corrected chi connectivity index (χ2v) is 4.73. The predicted octanol–water partition coefficient (Wildman–Crippen LogP) is 0.905. The molecule has 4 heteroatoms. The standard InChI is InChI=1S/C14H21N3O/c1-15-6-3-7-16-10-11-4-5-13-12(8-11)9-14(18)17(13)2/h4-5,8,15-16H,3,6-7,9-10H2,1-2H3. The molecule has 1 heterocycles. The minimum atomic E-state index is 0.184. The molecule has 2 N–H and O–H groups in total. The lowest BCUT2D eigenvalue weighted by molar-refractivity contribution is -0.117. The molecule has 2 rings (SSSR count). The average Bonchev–Trinajstić information content (AvgIpc) is 2.65. The van der Waals surface area contributed by atoms with E-state index < -0.39 is 0 Å². The maximum Gasteiger partial charge on any atom is 0.231 e. The molecule has 0 aromatic heterocycles. The fraction of sp³-hybridized carbons (Fsp3) is 0.500. The van der Waals surface area contributed by atoms with Crippen molar-refractivity contribution >= 4 is 11.6 Å². The van der Waals surface area contributed by atoms with Crippen LogP contribution in [0.15, 0.2) is 18.2 Å². The summed E-state index contributed by atoms with van der Waals surface area (Å²) in [7, 11) is 3.80. The number of nitrogens with zero attached hydrogens (tertiary/aromatic N) is 1. The summed E-state index contributed by atoms with van der Waals surface area (Å²) in [5.74, 6) is 0.184. The Hall–Kier alpha value is -1.39. The van der Waals surface area contributed by atoms with Crippen molar-refractivity contribution in [2.45, 2.75) is 19.4 Å². The highest BCUT2D eigenvalue weighted by atomic mass is 16.2. The molecule has 1 aromatic carbocycles. The van der Waals surface area contributed by atoms with Gasteiger partial charge >= 0.3 is 0 Å². The molecule has 0 radical (unpaired) electrons. The van der Waals surface area contributed by atoms with Crippen LogP contribution in [-0.2, 0) is 17.8 Å². The lowest BCUT2D eigenvalue weighted by Gasteiger charge is -2.11. The molecule has 98 valence electrons. The van der Waals surface area contributed by atoms with Crippen molar-refractivity contribution in [2.75, 3.05) is 32.1 Å². The fourth-order valence-electron chi connectivity index (χ4n) is 2.26. The zero-order chi connectivity index (χ0) is 13.0. The van der Waals surface area contributed by atoms with E-state index in [4.69, 9.17) is 0 Å². The molecule has 1 aliphatic heterocycles. The molecular formula is C14H21N3O. The molecule has 18 heavy (non-hydrogen) atoms. The summed E-state index contributed by atoms with van der Waals surface area (Å²) in [6.45, 7) is 2.92. The van der Waals surface area contributed by atoms with Crippen LogP contribution in [0.4, 0.5) is 5.69 Å². The van der Waals surface area contributed by atoms with Crippen LogP contribution in [0.3, 0.4) is 0 Å². The fourth-order valence-corrected chi connectivity index (χ4v) is 2.26. The van der Waals surface area contributed by atoms with Gasteiger partial charge in [0.25, 0.3) is 0 Å². The summed E-state index contributed by atoms with van der Waals surface area (Å²) >= 11 is 0. The second-order valence-electron chi connectivity index (χ2n) is 4.73. The number of benzene rings is 1. The largest absolute Gasteiger partial charge is 0.320 e. The summed E-state index contributed by atoms with van der Waals surface area (Å²) in [5.41, 5.74) is 3.46. The van der Waals surface area contributed by atoms with E-state index in [1.807, 2.05) is 20.2 Å². The number of anilines is 1. The van der Waals surface area contributed by atoms with Crippen molar-refractivity contribution in [1.82, 2.24) is 10.6 Å². The smallest absolute Gasteiger partial charge is 0.231 e. The van der Waals surface area contributed by atoms with Crippen LogP contribution in [0.25, 0.3) is 0 Å². The Bertz CT molecular complexity index is 431. The molecule has 0 unspecified atom stereocenters. The van der Waals surface area contributed by atoms with E-state index in [2.05, 4.69) is 22.8 Å². The van der Waals surface area contributed by atoms with Gasteiger partial charge in [-0.2, -0.15) is 0 Å². The average molecular weight is 247 g/mol. The third-order valence-electron chi connectivity index (χ3n) is 3.33. The number of amides is 1. The van der Waals surface area contributed by atoms with Gasteiger partial charge in [-0.1, -0.05) is 12.1 Å². The maximum atomic E-state index is 11.6. The van der Waals surface area contributed by atoms with Crippen LogP contribution in [0, 0.1) is 0 Å². The number of nitrogens with one attached hydrogen (secondary N) is 2. The van der Waals surface area contributed by atoms with E-state index >= 15 is 0 Å². The molecule has 0 atom stereocenters. The van der Waals surface area contributed by atoms with Gasteiger partial charge in [-0.05, 0) is 43.8 Å². The molecule has 0 bridgehead atoms. The topological polar surface area (TPSA) is 44.4 Å². The summed E-state index contributed by atoms with van der Waals surface area (Å²) < 4.78 is 0. The SMILES string of the molecule is CNCCCNCc1ccc2c(c1)CC(=O)N2C. The first-order valence-corrected chi connectivity index (χ1v) is 6.46. The second kappa shape index (κ2) is 5.98. The van der Waals surface area contributed by atoms with E-state index in [0.29, 0.717) is 6.42 Å². The highest BCUT2D eigenvalue weighted by molar-refractivity contribution is 6.00. The van der Waals surface area contributed by atoms with Gasteiger partial charge in [0.2, 0.25) is 5.91 Å². The van der Waals surface area contributed by atoms with Gasteiger partial charge in [-0.3, -0.25) is 4.79 Å². The Morgan fingerprint density at radius 1 is 1.33 bits per heavy atom. The third kappa shape index (κ3) is 2.89. The number of hydrogen-bond donors (Lipinski definition) is 2. The minimum Gasteiger partial charge on any atom is -0.320 e. The van der Waals surface area contributed by atoms with Crippen molar-refractivity contribution in [1.29, 1.82) is 0 Å². The quantitative estimate of drug-likeness (QED) is 0.734. The van der Waals surface area contributed by atoms with Gasteiger partial charge in [0.15, 0.2) is 0 Å². The van der Waals surface area contributed by atoms with E-state index in [1.165, 1.54) is 5.56 Å². The number of carbonyl (C=O) groups is 1. The normalized spacial score (nSPS) is 14.1. The van der Waals surface area contributed by atoms with Crippen molar-refractivity contribution < 1.29 is 4.79 Å². The monoisotopic (exact) mass is 247 g/mol. The zero-order valence-corrected chi connectivity index (χ0v) is 11.1. The van der Waals surface area contributed by atoms with Crippen LogP contribution < -0.4 is 15.5 Å². The number of rotatable bonds is 6. The lowest BCUT2D eigenvalue weighted by atomic mass is 10.1. The summed E-state index contributed by atoms with van der Waals surface area (Å²) in [6, 6.07) is 6.28. The molecule has 0 fully saturated rings. The molecule has 4 nitrogen and oxygen atoms in total. The van der Waals surface area contributed by atoms with Gasteiger partial charge in [-0.15, -0.1) is 0 Å². The van der Waals surface area contributed by atoms with Crippen LogP contribution in [0.2, 0.25) is 0 Å². The maximum absolute atomic E-state index is 11.6. The van der Waals surface area contributed by atoms with E-state index in [-0.39, 0.29) is 5.91 Å². The van der Waals surface area contributed by atoms with E-state index in [1.54, 1.807) is 4.90 Å². The molecular weight excluding hydrogens is 226 g/mol. The number of hydrogen-bond acceptors (Lipinski definition) is 3. The van der Waals surface area contributed by atoms with E-state index in [0.717, 1.165) is 37.3 Å². The number of carbonyl (C=O) groups excluding carboxylic acids is 1. The van der Waals surface area contributed by atoms with Gasteiger partial charge in [0.05, 0.1) is 6.42 Å². The first-order valence-electron chi connectivity index (χ1n) is 6.46. The Kier molecular flexibility index (Phi) is 4.33. The molecule has 0 saturated carbocycles. The molecule has 0 saturated heterocycles. The van der Waals surface area contributed by atoms with Crippen LogP contribution >= 0.6 is 0 Å². The Morgan fingerprint density at radius 3 is 2.94 bits per heavy atom. The van der Waals surface area contributed by atoms with Gasteiger partial charge in [0, 0.05) is 19.3 Å². The van der Waals surface area contributed by atoms with Crippen molar-refractivity contribution in [3.05, 3.63) is 29.3 Å². The van der Waals surface area contributed by atoms with Gasteiger partial charge < -0.3 is 15.5 Å². The molecule has 1 aliphatic rings. The van der Waals surface area contributed by atoms with Crippen LogP contribution in [0.5, 0.6) is 0 Å². The molecule has 1 amide bonds. The van der Waals surface area contributed by atoms with E-state index in [9.17, 15) is 4.79 Å². The molecule has 0 spiro atoms. The van der Waals surface area contributed by atoms with Gasteiger partial charge in [0.1, 0.15) is 0 Å². The predicted molar refractivity (Wildman–Crippen MR) is 73.8 cm³/mol. The highest BCUT2D eigenvalue weighted by Crippen LogP contribution is 2.28. The number of fused-ring (bicyclic) bond motifs is 1. The van der Waals surface area contributed by atoms with Crippen molar-refractivity contribution in [3.8, 4) is 0 Å². The summed E-state index contributed by atoms with van der Waals surface area (Å²) in [4.78, 5) is 13.3. The first-order chi connectivity index (χ1) is 8.72. The number of likely N-dealkylation sites (N-methyl/N-ethyl adjacent to an activating group) is 1. The Labute approximate surface area is 108 Å². The molecule has 1 aromatic rings. The highest BCUT2D eigenvalue weighted by Gasteiger charge is 2.23. The van der Waals surface area contributed by atoms with Crippen molar-refractivity contribution in [2.24, 2.45) is 0 Å². The first kappa shape index (κ1) is 13.1. The third-order valence-corrected chi connectivity index (χ3v) is 3.33. The summed E-state index contributed by atoms with van der Waals surface area (Å²) in [5, 5.41) is 6.54. The van der Waals surface area contributed by atoms with Gasteiger partial charge in [-0.25, -0.2) is 0 Å². The Balaban J connectivity index is 1.89. The Morgan fingerprint density at radius 2 is 2.17 bits per heavy atom.